The Morgan fingerprint density at radius 3 is 2.16 bits per heavy atom. The van der Waals surface area contributed by atoms with E-state index in [1.54, 1.807) is 0 Å². The van der Waals surface area contributed by atoms with Gasteiger partial charge in [-0.05, 0) is 89.4 Å². The Balaban J connectivity index is 1.68. The normalized spacial score (nSPS) is 20.6. The number of benzene rings is 2. The third kappa shape index (κ3) is 4.00. The average Bonchev–Trinajstić information content (AvgIpc) is 2.67. The van der Waals surface area contributed by atoms with Gasteiger partial charge in [-0.2, -0.15) is 0 Å². The Bertz CT molecular complexity index is 709. The van der Waals surface area contributed by atoms with Gasteiger partial charge in [0.2, 0.25) is 0 Å². The van der Waals surface area contributed by atoms with Gasteiger partial charge in [0, 0.05) is 0 Å². The van der Waals surface area contributed by atoms with Gasteiger partial charge in [0.05, 0.1) is 0 Å². The van der Waals surface area contributed by atoms with Crippen molar-refractivity contribution < 1.29 is 0 Å². The van der Waals surface area contributed by atoms with E-state index in [4.69, 9.17) is 0 Å². The van der Waals surface area contributed by atoms with Crippen LogP contribution in [0.3, 0.4) is 0 Å². The predicted molar refractivity (Wildman–Crippen MR) is 106 cm³/mol. The minimum atomic E-state index is 0.555. The van der Waals surface area contributed by atoms with E-state index in [2.05, 4.69) is 56.3 Å². The first-order valence-electron chi connectivity index (χ1n) is 9.68. The van der Waals surface area contributed by atoms with Crippen LogP contribution >= 0.6 is 0 Å². The first-order chi connectivity index (χ1) is 12.1. The molecule has 0 saturated heterocycles. The molecule has 1 saturated carbocycles. The zero-order valence-electron chi connectivity index (χ0n) is 15.7. The van der Waals surface area contributed by atoms with E-state index < -0.39 is 0 Å². The highest BCUT2D eigenvalue weighted by atomic mass is 16.3. The molecule has 1 fully saturated rings. The minimum Gasteiger partial charge on any atom is -0.145 e. The molecule has 2 aromatic carbocycles. The SMILES string of the molecule is CCc1cc(N=O)ccc1C1CCC(c2ccc(C(C)C)cc2)CC1. The lowest BCUT2D eigenvalue weighted by Crippen LogP contribution is -2.13. The summed E-state index contributed by atoms with van der Waals surface area (Å²) in [5, 5.41) is 3.09. The van der Waals surface area contributed by atoms with Crippen LogP contribution < -0.4 is 0 Å². The molecule has 0 atom stereocenters. The summed E-state index contributed by atoms with van der Waals surface area (Å²) in [4.78, 5) is 10.8. The van der Waals surface area contributed by atoms with Gasteiger partial charge in [-0.3, -0.25) is 0 Å². The quantitative estimate of drug-likeness (QED) is 0.531. The average molecular weight is 335 g/mol. The summed E-state index contributed by atoms with van der Waals surface area (Å²) < 4.78 is 0. The van der Waals surface area contributed by atoms with Crippen molar-refractivity contribution in [3.05, 3.63) is 69.6 Å². The molecule has 0 unspecified atom stereocenters. The molecule has 1 aliphatic carbocycles. The molecular formula is C23H29NO. The standard InChI is InChI=1S/C23H29NO/c1-4-17-15-22(24-25)13-14-23(17)21-11-9-20(10-12-21)19-7-5-18(6-8-19)16(2)3/h5-8,13-16,20-21H,4,9-12H2,1-3H3. The number of hydrogen-bond acceptors (Lipinski definition) is 2. The Morgan fingerprint density at radius 2 is 1.60 bits per heavy atom. The van der Waals surface area contributed by atoms with E-state index in [0.29, 0.717) is 23.4 Å². The van der Waals surface area contributed by atoms with Gasteiger partial charge >= 0.3 is 0 Å². The van der Waals surface area contributed by atoms with Crippen molar-refractivity contribution in [2.45, 2.75) is 70.6 Å². The maximum atomic E-state index is 10.8. The molecule has 0 aliphatic heterocycles. The van der Waals surface area contributed by atoms with Crippen molar-refractivity contribution in [3.8, 4) is 0 Å². The van der Waals surface area contributed by atoms with Crippen molar-refractivity contribution in [1.29, 1.82) is 0 Å². The van der Waals surface area contributed by atoms with Gasteiger partial charge in [-0.1, -0.05) is 51.1 Å². The summed E-state index contributed by atoms with van der Waals surface area (Å²) in [5.74, 6) is 1.92. The second kappa shape index (κ2) is 7.95. The third-order valence-corrected chi connectivity index (χ3v) is 5.85. The Morgan fingerprint density at radius 1 is 0.960 bits per heavy atom. The molecular weight excluding hydrogens is 306 g/mol. The minimum absolute atomic E-state index is 0.555. The van der Waals surface area contributed by atoms with E-state index in [1.165, 1.54) is 47.9 Å². The summed E-state index contributed by atoms with van der Waals surface area (Å²) in [6, 6.07) is 15.2. The molecule has 0 spiro atoms. The smallest absolute Gasteiger partial charge is 0.108 e. The van der Waals surface area contributed by atoms with Gasteiger partial charge in [-0.15, -0.1) is 4.91 Å². The lowest BCUT2D eigenvalue weighted by atomic mass is 9.75. The number of rotatable bonds is 5. The summed E-state index contributed by atoms with van der Waals surface area (Å²) in [5.41, 5.74) is 6.21. The topological polar surface area (TPSA) is 29.4 Å². The lowest BCUT2D eigenvalue weighted by molar-refractivity contribution is 0.395. The van der Waals surface area contributed by atoms with E-state index in [-0.39, 0.29) is 0 Å². The summed E-state index contributed by atoms with van der Waals surface area (Å²) in [6.07, 6.45) is 5.94. The molecule has 132 valence electrons. The molecule has 0 radical (unpaired) electrons. The Hall–Kier alpha value is -1.96. The van der Waals surface area contributed by atoms with Crippen LogP contribution in [0.4, 0.5) is 5.69 Å². The molecule has 0 bridgehead atoms. The summed E-state index contributed by atoms with van der Waals surface area (Å²) in [6.45, 7) is 6.66. The molecule has 25 heavy (non-hydrogen) atoms. The van der Waals surface area contributed by atoms with Crippen LogP contribution in [0.2, 0.25) is 0 Å². The highest BCUT2D eigenvalue weighted by Gasteiger charge is 2.25. The molecule has 2 nitrogen and oxygen atoms in total. The van der Waals surface area contributed by atoms with Crippen LogP contribution in [0.5, 0.6) is 0 Å². The Labute approximate surface area is 151 Å². The second-order valence-corrected chi connectivity index (χ2v) is 7.70. The monoisotopic (exact) mass is 335 g/mol. The lowest BCUT2D eigenvalue weighted by Gasteiger charge is -2.30. The van der Waals surface area contributed by atoms with Crippen LogP contribution in [0.1, 0.15) is 86.5 Å². The number of nitrogens with zero attached hydrogens (tertiary/aromatic N) is 1. The van der Waals surface area contributed by atoms with Crippen molar-refractivity contribution in [2.75, 3.05) is 0 Å². The zero-order chi connectivity index (χ0) is 17.8. The van der Waals surface area contributed by atoms with Gasteiger partial charge in [-0.25, -0.2) is 0 Å². The third-order valence-electron chi connectivity index (χ3n) is 5.85. The van der Waals surface area contributed by atoms with Gasteiger partial charge in [0.15, 0.2) is 0 Å². The first-order valence-corrected chi connectivity index (χ1v) is 9.68. The predicted octanol–water partition coefficient (Wildman–Crippen LogP) is 7.21. The number of nitroso groups, excluding NO2 is 1. The van der Waals surface area contributed by atoms with Gasteiger partial charge in [0.1, 0.15) is 5.69 Å². The van der Waals surface area contributed by atoms with Gasteiger partial charge < -0.3 is 0 Å². The molecule has 0 amide bonds. The van der Waals surface area contributed by atoms with Crippen LogP contribution in [0.15, 0.2) is 47.6 Å². The second-order valence-electron chi connectivity index (χ2n) is 7.70. The van der Waals surface area contributed by atoms with Crippen molar-refractivity contribution >= 4 is 5.69 Å². The van der Waals surface area contributed by atoms with Crippen molar-refractivity contribution in [3.63, 3.8) is 0 Å². The fraction of sp³-hybridized carbons (Fsp3) is 0.478. The van der Waals surface area contributed by atoms with Gasteiger partial charge in [0.25, 0.3) is 0 Å². The van der Waals surface area contributed by atoms with Crippen LogP contribution in [0, 0.1) is 4.91 Å². The molecule has 2 aromatic rings. The fourth-order valence-electron chi connectivity index (χ4n) is 4.24. The molecule has 3 rings (SSSR count). The maximum absolute atomic E-state index is 10.8. The molecule has 1 aliphatic rings. The summed E-state index contributed by atoms with van der Waals surface area (Å²) in [7, 11) is 0. The molecule has 2 heteroatoms. The highest BCUT2D eigenvalue weighted by Crippen LogP contribution is 2.42. The highest BCUT2D eigenvalue weighted by molar-refractivity contribution is 5.45. The van der Waals surface area contributed by atoms with E-state index in [9.17, 15) is 4.91 Å². The van der Waals surface area contributed by atoms with Crippen LogP contribution in [-0.4, -0.2) is 0 Å². The van der Waals surface area contributed by atoms with E-state index in [0.717, 1.165) is 6.42 Å². The number of hydrogen-bond donors (Lipinski definition) is 0. The molecule has 0 N–H and O–H groups in total. The van der Waals surface area contributed by atoms with Crippen LogP contribution in [-0.2, 0) is 6.42 Å². The maximum Gasteiger partial charge on any atom is 0.108 e. The largest absolute Gasteiger partial charge is 0.145 e. The molecule has 0 aromatic heterocycles. The van der Waals surface area contributed by atoms with Crippen LogP contribution in [0.25, 0.3) is 0 Å². The Kier molecular flexibility index (Phi) is 5.67. The van der Waals surface area contributed by atoms with Crippen molar-refractivity contribution in [1.82, 2.24) is 0 Å². The first kappa shape index (κ1) is 17.8. The molecule has 0 heterocycles. The fourth-order valence-corrected chi connectivity index (χ4v) is 4.24. The van der Waals surface area contributed by atoms with E-state index in [1.807, 2.05) is 12.1 Å². The van der Waals surface area contributed by atoms with E-state index >= 15 is 0 Å². The zero-order valence-corrected chi connectivity index (χ0v) is 15.7. The summed E-state index contributed by atoms with van der Waals surface area (Å²) >= 11 is 0. The number of aryl methyl sites for hydroxylation is 1. The van der Waals surface area contributed by atoms with Crippen molar-refractivity contribution in [2.24, 2.45) is 5.18 Å².